The highest BCUT2D eigenvalue weighted by atomic mass is 16.5. The lowest BCUT2D eigenvalue weighted by molar-refractivity contribution is -0.129. The van der Waals surface area contributed by atoms with E-state index in [0.29, 0.717) is 31.2 Å². The summed E-state index contributed by atoms with van der Waals surface area (Å²) in [6.45, 7) is 2.76. The van der Waals surface area contributed by atoms with E-state index >= 15 is 0 Å². The quantitative estimate of drug-likeness (QED) is 0.780. The minimum absolute atomic E-state index is 0.00978. The zero-order chi connectivity index (χ0) is 18.1. The first-order valence-corrected chi connectivity index (χ1v) is 8.81. The number of carbonyl (C=O) groups is 1. The molecule has 0 saturated carbocycles. The molecule has 0 bridgehead atoms. The minimum Gasteiger partial charge on any atom is -0.396 e. The molecule has 1 aliphatic heterocycles. The predicted molar refractivity (Wildman–Crippen MR) is 96.6 cm³/mol. The van der Waals surface area contributed by atoms with Crippen LogP contribution in [0.25, 0.3) is 10.8 Å². The molecule has 0 spiro atoms. The molecule has 2 atom stereocenters. The van der Waals surface area contributed by atoms with Crippen molar-refractivity contribution in [3.8, 4) is 0 Å². The number of carbonyl (C=O) groups excluding carboxylic acids is 1. The van der Waals surface area contributed by atoms with Gasteiger partial charge in [-0.15, -0.1) is 0 Å². The first-order chi connectivity index (χ1) is 12.7. The molecule has 0 radical (unpaired) electrons. The maximum Gasteiger partial charge on any atom is 0.231 e. The van der Waals surface area contributed by atoms with Crippen LogP contribution < -0.4 is 0 Å². The lowest BCUT2D eigenvalue weighted by Crippen LogP contribution is -2.30. The summed E-state index contributed by atoms with van der Waals surface area (Å²) in [5, 5.41) is 15.8. The Balaban J connectivity index is 1.53. The maximum absolute atomic E-state index is 12.9. The number of amides is 1. The van der Waals surface area contributed by atoms with E-state index < -0.39 is 0 Å². The van der Waals surface area contributed by atoms with E-state index in [0.717, 1.165) is 16.3 Å². The second kappa shape index (κ2) is 6.88. The molecule has 1 fully saturated rings. The van der Waals surface area contributed by atoms with Crippen molar-refractivity contribution in [1.82, 2.24) is 15.0 Å². The summed E-state index contributed by atoms with van der Waals surface area (Å²) in [4.78, 5) is 19.0. The van der Waals surface area contributed by atoms with Crippen LogP contribution >= 0.6 is 0 Å². The normalized spacial score (nSPS) is 20.0. The summed E-state index contributed by atoms with van der Waals surface area (Å²) < 4.78 is 5.27. The molecule has 26 heavy (non-hydrogen) atoms. The highest BCUT2D eigenvalue weighted by Gasteiger charge is 2.38. The monoisotopic (exact) mass is 351 g/mol. The van der Waals surface area contributed by atoms with Crippen molar-refractivity contribution in [2.24, 2.45) is 5.92 Å². The molecule has 3 aromatic rings. The smallest absolute Gasteiger partial charge is 0.231 e. The van der Waals surface area contributed by atoms with E-state index in [-0.39, 0.29) is 24.3 Å². The summed E-state index contributed by atoms with van der Waals surface area (Å²) >= 11 is 0. The third kappa shape index (κ3) is 3.08. The van der Waals surface area contributed by atoms with E-state index in [1.807, 2.05) is 30.3 Å². The Labute approximate surface area is 151 Å². The van der Waals surface area contributed by atoms with Crippen molar-refractivity contribution in [3.63, 3.8) is 0 Å². The summed E-state index contributed by atoms with van der Waals surface area (Å²) in [6.07, 6.45) is 0.342. The first kappa shape index (κ1) is 16.7. The average Bonchev–Trinajstić information content (AvgIpc) is 3.28. The van der Waals surface area contributed by atoms with Gasteiger partial charge >= 0.3 is 0 Å². The number of fused-ring (bicyclic) bond motifs is 1. The lowest BCUT2D eigenvalue weighted by Gasteiger charge is -2.17. The fourth-order valence-corrected chi connectivity index (χ4v) is 3.72. The lowest BCUT2D eigenvalue weighted by atomic mass is 9.97. The van der Waals surface area contributed by atoms with Crippen LogP contribution in [0.3, 0.4) is 0 Å². The topological polar surface area (TPSA) is 79.5 Å². The Morgan fingerprint density at radius 1 is 1.23 bits per heavy atom. The van der Waals surface area contributed by atoms with Gasteiger partial charge in [-0.2, -0.15) is 4.98 Å². The van der Waals surface area contributed by atoms with Gasteiger partial charge in [0.25, 0.3) is 0 Å². The highest BCUT2D eigenvalue weighted by molar-refractivity contribution is 5.90. The van der Waals surface area contributed by atoms with Gasteiger partial charge in [-0.1, -0.05) is 47.6 Å². The molecule has 1 amide bonds. The van der Waals surface area contributed by atoms with Gasteiger partial charge in [0.1, 0.15) is 0 Å². The second-order valence-electron chi connectivity index (χ2n) is 6.84. The number of aryl methyl sites for hydroxylation is 1. The van der Waals surface area contributed by atoms with Crippen LogP contribution in [0.2, 0.25) is 0 Å². The number of aliphatic hydroxyl groups is 1. The van der Waals surface area contributed by atoms with E-state index in [1.54, 1.807) is 11.8 Å². The summed E-state index contributed by atoms with van der Waals surface area (Å²) in [7, 11) is 0. The van der Waals surface area contributed by atoms with Gasteiger partial charge in [-0.3, -0.25) is 4.79 Å². The van der Waals surface area contributed by atoms with E-state index in [1.165, 1.54) is 0 Å². The number of aliphatic hydroxyl groups excluding tert-OH is 1. The van der Waals surface area contributed by atoms with Gasteiger partial charge in [-0.25, -0.2) is 0 Å². The Hall–Kier alpha value is -2.73. The van der Waals surface area contributed by atoms with Crippen molar-refractivity contribution in [1.29, 1.82) is 0 Å². The zero-order valence-electron chi connectivity index (χ0n) is 14.6. The number of hydrogen-bond acceptors (Lipinski definition) is 5. The second-order valence-corrected chi connectivity index (χ2v) is 6.84. The molecule has 134 valence electrons. The highest BCUT2D eigenvalue weighted by Crippen LogP contribution is 2.32. The van der Waals surface area contributed by atoms with Gasteiger partial charge in [0.05, 0.1) is 12.3 Å². The van der Waals surface area contributed by atoms with Crippen LogP contribution in [0.4, 0.5) is 0 Å². The van der Waals surface area contributed by atoms with Crippen LogP contribution in [-0.2, 0) is 11.2 Å². The van der Waals surface area contributed by atoms with Crippen LogP contribution in [0.1, 0.15) is 23.2 Å². The van der Waals surface area contributed by atoms with Crippen molar-refractivity contribution in [2.45, 2.75) is 19.3 Å². The van der Waals surface area contributed by atoms with E-state index in [9.17, 15) is 9.90 Å². The molecule has 1 saturated heterocycles. The van der Waals surface area contributed by atoms with Crippen LogP contribution in [-0.4, -0.2) is 45.8 Å². The van der Waals surface area contributed by atoms with Crippen LogP contribution in [0.5, 0.6) is 0 Å². The number of nitrogens with zero attached hydrogens (tertiary/aromatic N) is 3. The number of aromatic nitrogens is 2. The number of likely N-dealkylation sites (tertiary alicyclic amines) is 1. The Bertz CT molecular complexity index is 931. The predicted octanol–water partition coefficient (Wildman–Crippen LogP) is 2.31. The minimum atomic E-state index is -0.113. The molecule has 6 nitrogen and oxygen atoms in total. The van der Waals surface area contributed by atoms with Crippen LogP contribution in [0, 0.1) is 12.8 Å². The van der Waals surface area contributed by atoms with Crippen molar-refractivity contribution in [2.75, 3.05) is 19.7 Å². The average molecular weight is 351 g/mol. The Morgan fingerprint density at radius 2 is 2.04 bits per heavy atom. The number of rotatable bonds is 4. The summed E-state index contributed by atoms with van der Waals surface area (Å²) in [5.74, 6) is 0.932. The standard InChI is InChI=1S/C20H21N3O3/c1-13-21-20(26-22-13)18-11-23(10-16(18)12-24)19(25)9-15-7-4-6-14-5-2-3-8-17(14)15/h2-8,16,18,24H,9-12H2,1H3/t16-,18+/m0/s1. The van der Waals surface area contributed by atoms with Gasteiger partial charge < -0.3 is 14.5 Å². The fourth-order valence-electron chi connectivity index (χ4n) is 3.72. The number of hydrogen-bond donors (Lipinski definition) is 1. The fraction of sp³-hybridized carbons (Fsp3) is 0.350. The van der Waals surface area contributed by atoms with Gasteiger partial charge in [-0.05, 0) is 23.3 Å². The van der Waals surface area contributed by atoms with Crippen molar-refractivity contribution < 1.29 is 14.4 Å². The van der Waals surface area contributed by atoms with E-state index in [2.05, 4.69) is 22.3 Å². The van der Waals surface area contributed by atoms with Crippen molar-refractivity contribution in [3.05, 3.63) is 59.7 Å². The van der Waals surface area contributed by atoms with Gasteiger partial charge in [0, 0.05) is 25.6 Å². The number of benzene rings is 2. The molecule has 0 aliphatic carbocycles. The van der Waals surface area contributed by atoms with Gasteiger partial charge in [0.15, 0.2) is 5.82 Å². The Kier molecular flexibility index (Phi) is 4.42. The molecule has 1 aliphatic rings. The van der Waals surface area contributed by atoms with E-state index in [4.69, 9.17) is 4.52 Å². The molecule has 1 aromatic heterocycles. The first-order valence-electron chi connectivity index (χ1n) is 8.81. The summed E-state index contributed by atoms with van der Waals surface area (Å²) in [5.41, 5.74) is 1.02. The molecule has 0 unspecified atom stereocenters. The molecule has 2 aromatic carbocycles. The van der Waals surface area contributed by atoms with Crippen molar-refractivity contribution >= 4 is 16.7 Å². The Morgan fingerprint density at radius 3 is 2.81 bits per heavy atom. The molecular formula is C20H21N3O3. The van der Waals surface area contributed by atoms with Gasteiger partial charge in [0.2, 0.25) is 11.8 Å². The molecule has 6 heteroatoms. The third-order valence-electron chi connectivity index (χ3n) is 5.11. The van der Waals surface area contributed by atoms with Crippen LogP contribution in [0.15, 0.2) is 47.0 Å². The molecular weight excluding hydrogens is 330 g/mol. The SMILES string of the molecule is Cc1noc([C@@H]2CN(C(=O)Cc3cccc4ccccc34)C[C@H]2CO)n1. The summed E-state index contributed by atoms with van der Waals surface area (Å²) in [6, 6.07) is 14.1. The molecule has 1 N–H and O–H groups in total. The maximum atomic E-state index is 12.9. The zero-order valence-corrected chi connectivity index (χ0v) is 14.6. The largest absolute Gasteiger partial charge is 0.396 e. The molecule has 4 rings (SSSR count). The molecule has 2 heterocycles. The third-order valence-corrected chi connectivity index (χ3v) is 5.11.